The summed E-state index contributed by atoms with van der Waals surface area (Å²) < 4.78 is 10.2. The van der Waals surface area contributed by atoms with Gasteiger partial charge in [0, 0.05) is 0 Å². The summed E-state index contributed by atoms with van der Waals surface area (Å²) in [5.41, 5.74) is 11.4. The first-order valence-corrected chi connectivity index (χ1v) is 5.57. The Morgan fingerprint density at radius 1 is 1.44 bits per heavy atom. The molecular weight excluding hydrogens is 234 g/mol. The lowest BCUT2D eigenvalue weighted by atomic mass is 10.2. The molecule has 0 spiro atoms. The van der Waals surface area contributed by atoms with Crippen molar-refractivity contribution in [2.24, 2.45) is 16.5 Å². The first-order chi connectivity index (χ1) is 8.66. The van der Waals surface area contributed by atoms with Gasteiger partial charge in [0.15, 0.2) is 12.0 Å². The van der Waals surface area contributed by atoms with Crippen LogP contribution in [0.2, 0.25) is 0 Å². The second-order valence-corrected chi connectivity index (χ2v) is 3.96. The molecule has 1 aliphatic rings. The average Bonchev–Trinajstić information content (AvgIpc) is 3.18. The third-order valence-electron chi connectivity index (χ3n) is 2.46. The molecule has 1 aromatic carbocycles. The van der Waals surface area contributed by atoms with E-state index in [1.807, 2.05) is 30.3 Å². The standard InChI is InChI=1S/C12H15N3O3/c13-12(14)15-10(9-7-17-9)11(16)18-6-8-4-2-1-3-5-8/h1-5,9-10H,6-7H2,(H4,13,14,15). The van der Waals surface area contributed by atoms with Crippen LogP contribution in [0.5, 0.6) is 0 Å². The van der Waals surface area contributed by atoms with Gasteiger partial charge in [0.2, 0.25) is 0 Å². The predicted molar refractivity (Wildman–Crippen MR) is 65.6 cm³/mol. The fraction of sp³-hybridized carbons (Fsp3) is 0.333. The van der Waals surface area contributed by atoms with Crippen molar-refractivity contribution >= 4 is 11.9 Å². The molecule has 0 radical (unpaired) electrons. The number of esters is 1. The summed E-state index contributed by atoms with van der Waals surface area (Å²) >= 11 is 0. The molecule has 0 aliphatic carbocycles. The molecule has 1 aromatic rings. The molecule has 0 saturated carbocycles. The van der Waals surface area contributed by atoms with Gasteiger partial charge in [-0.3, -0.25) is 0 Å². The summed E-state index contributed by atoms with van der Waals surface area (Å²) in [4.78, 5) is 15.6. The zero-order valence-corrected chi connectivity index (χ0v) is 9.78. The highest BCUT2D eigenvalue weighted by atomic mass is 16.6. The summed E-state index contributed by atoms with van der Waals surface area (Å²) in [6.07, 6.45) is -0.268. The molecule has 1 fully saturated rings. The normalized spacial score (nSPS) is 18.8. The Labute approximate surface area is 105 Å². The van der Waals surface area contributed by atoms with Gasteiger partial charge in [0.05, 0.1) is 6.61 Å². The second kappa shape index (κ2) is 5.50. The Hall–Kier alpha value is -2.08. The van der Waals surface area contributed by atoms with Gasteiger partial charge >= 0.3 is 5.97 Å². The summed E-state index contributed by atoms with van der Waals surface area (Å²) in [6, 6.07) is 8.62. The molecule has 1 saturated heterocycles. The number of guanidine groups is 1. The minimum atomic E-state index is -0.765. The first-order valence-electron chi connectivity index (χ1n) is 5.57. The highest BCUT2D eigenvalue weighted by molar-refractivity contribution is 5.83. The lowest BCUT2D eigenvalue weighted by Gasteiger charge is -2.10. The van der Waals surface area contributed by atoms with Crippen LogP contribution in [-0.2, 0) is 20.9 Å². The van der Waals surface area contributed by atoms with E-state index >= 15 is 0 Å². The number of carbonyl (C=O) groups is 1. The molecule has 6 heteroatoms. The Kier molecular flexibility index (Phi) is 3.78. The summed E-state index contributed by atoms with van der Waals surface area (Å²) in [7, 11) is 0. The van der Waals surface area contributed by atoms with Crippen molar-refractivity contribution in [2.75, 3.05) is 6.61 Å². The fourth-order valence-corrected chi connectivity index (χ4v) is 1.50. The van der Waals surface area contributed by atoms with E-state index in [1.165, 1.54) is 0 Å². The maximum Gasteiger partial charge on any atom is 0.334 e. The van der Waals surface area contributed by atoms with Crippen LogP contribution < -0.4 is 11.5 Å². The average molecular weight is 249 g/mol. The number of ether oxygens (including phenoxy) is 2. The minimum absolute atomic E-state index is 0.146. The molecular formula is C12H15N3O3. The molecule has 1 aliphatic heterocycles. The van der Waals surface area contributed by atoms with E-state index in [2.05, 4.69) is 4.99 Å². The van der Waals surface area contributed by atoms with Crippen LogP contribution in [0.1, 0.15) is 5.56 Å². The molecule has 2 unspecified atom stereocenters. The lowest BCUT2D eigenvalue weighted by Crippen LogP contribution is -2.33. The van der Waals surface area contributed by atoms with Crippen molar-refractivity contribution < 1.29 is 14.3 Å². The third-order valence-corrected chi connectivity index (χ3v) is 2.46. The molecule has 2 rings (SSSR count). The van der Waals surface area contributed by atoms with Crippen molar-refractivity contribution in [3.05, 3.63) is 35.9 Å². The quantitative estimate of drug-likeness (QED) is 0.325. The van der Waals surface area contributed by atoms with E-state index in [0.29, 0.717) is 6.61 Å². The Morgan fingerprint density at radius 2 is 2.11 bits per heavy atom. The van der Waals surface area contributed by atoms with Gasteiger partial charge in [-0.1, -0.05) is 30.3 Å². The van der Waals surface area contributed by atoms with Gasteiger partial charge in [-0.25, -0.2) is 9.79 Å². The van der Waals surface area contributed by atoms with Crippen LogP contribution in [0.25, 0.3) is 0 Å². The number of aliphatic imine (C=N–C) groups is 1. The Balaban J connectivity index is 1.91. The van der Waals surface area contributed by atoms with Gasteiger partial charge in [0.1, 0.15) is 12.7 Å². The van der Waals surface area contributed by atoms with Crippen LogP contribution >= 0.6 is 0 Å². The lowest BCUT2D eigenvalue weighted by molar-refractivity contribution is -0.146. The van der Waals surface area contributed by atoms with Crippen molar-refractivity contribution in [1.82, 2.24) is 0 Å². The van der Waals surface area contributed by atoms with E-state index in [-0.39, 0.29) is 18.7 Å². The molecule has 0 amide bonds. The second-order valence-electron chi connectivity index (χ2n) is 3.96. The van der Waals surface area contributed by atoms with Crippen LogP contribution in [0.15, 0.2) is 35.3 Å². The van der Waals surface area contributed by atoms with E-state index in [1.54, 1.807) is 0 Å². The number of carbonyl (C=O) groups excluding carboxylic acids is 1. The molecule has 2 atom stereocenters. The highest BCUT2D eigenvalue weighted by Gasteiger charge is 2.39. The van der Waals surface area contributed by atoms with E-state index in [0.717, 1.165) is 5.56 Å². The zero-order chi connectivity index (χ0) is 13.0. The van der Waals surface area contributed by atoms with Crippen molar-refractivity contribution in [3.8, 4) is 0 Å². The number of hydrogen-bond acceptors (Lipinski definition) is 4. The molecule has 96 valence electrons. The van der Waals surface area contributed by atoms with E-state index in [9.17, 15) is 4.79 Å². The third kappa shape index (κ3) is 3.46. The maximum atomic E-state index is 11.8. The Bertz CT molecular complexity index is 439. The van der Waals surface area contributed by atoms with Crippen LogP contribution in [0, 0.1) is 0 Å². The Morgan fingerprint density at radius 3 is 2.67 bits per heavy atom. The maximum absolute atomic E-state index is 11.8. The fourth-order valence-electron chi connectivity index (χ4n) is 1.50. The topological polar surface area (TPSA) is 103 Å². The van der Waals surface area contributed by atoms with E-state index in [4.69, 9.17) is 20.9 Å². The van der Waals surface area contributed by atoms with Gasteiger partial charge < -0.3 is 20.9 Å². The number of epoxide rings is 1. The van der Waals surface area contributed by atoms with Crippen molar-refractivity contribution in [3.63, 3.8) is 0 Å². The number of hydrogen-bond donors (Lipinski definition) is 2. The molecule has 6 nitrogen and oxygen atoms in total. The largest absolute Gasteiger partial charge is 0.459 e. The first kappa shape index (κ1) is 12.4. The predicted octanol–water partition coefficient (Wildman–Crippen LogP) is -0.229. The zero-order valence-electron chi connectivity index (χ0n) is 9.78. The van der Waals surface area contributed by atoms with Crippen molar-refractivity contribution in [1.29, 1.82) is 0 Å². The van der Waals surface area contributed by atoms with Crippen LogP contribution in [0.4, 0.5) is 0 Å². The van der Waals surface area contributed by atoms with Gasteiger partial charge in [-0.15, -0.1) is 0 Å². The molecule has 18 heavy (non-hydrogen) atoms. The summed E-state index contributed by atoms with van der Waals surface area (Å²) in [6.45, 7) is 0.671. The molecule has 0 bridgehead atoms. The van der Waals surface area contributed by atoms with E-state index < -0.39 is 12.0 Å². The smallest absolute Gasteiger partial charge is 0.334 e. The molecule has 4 N–H and O–H groups in total. The summed E-state index contributed by atoms with van der Waals surface area (Å²) in [5.74, 6) is -0.623. The van der Waals surface area contributed by atoms with Crippen LogP contribution in [0.3, 0.4) is 0 Å². The van der Waals surface area contributed by atoms with Crippen LogP contribution in [-0.4, -0.2) is 30.7 Å². The molecule has 0 aromatic heterocycles. The van der Waals surface area contributed by atoms with Gasteiger partial charge in [-0.2, -0.15) is 0 Å². The van der Waals surface area contributed by atoms with Gasteiger partial charge in [0.25, 0.3) is 0 Å². The highest BCUT2D eigenvalue weighted by Crippen LogP contribution is 2.18. The van der Waals surface area contributed by atoms with Crippen molar-refractivity contribution in [2.45, 2.75) is 18.8 Å². The number of nitrogens with zero attached hydrogens (tertiary/aromatic N) is 1. The van der Waals surface area contributed by atoms with Gasteiger partial charge in [-0.05, 0) is 5.56 Å². The number of rotatable bonds is 5. The SMILES string of the molecule is NC(N)=NC(C(=O)OCc1ccccc1)C1CO1. The molecule has 1 heterocycles. The monoisotopic (exact) mass is 249 g/mol. The summed E-state index contributed by atoms with van der Waals surface area (Å²) in [5, 5.41) is 0. The number of nitrogens with two attached hydrogens (primary N) is 2. The number of benzene rings is 1. The minimum Gasteiger partial charge on any atom is -0.459 e.